The Morgan fingerprint density at radius 1 is 1.17 bits per heavy atom. The Kier molecular flexibility index (Phi) is 5.40. The maximum atomic E-state index is 13.3. The van der Waals surface area contributed by atoms with Crippen LogP contribution in [0.25, 0.3) is 0 Å². The molecule has 1 aliphatic heterocycles. The van der Waals surface area contributed by atoms with Gasteiger partial charge in [-0.15, -0.1) is 5.10 Å². The molecular formula is C22H23N5OS. The first-order valence-electron chi connectivity index (χ1n) is 9.57. The van der Waals surface area contributed by atoms with Crippen LogP contribution >= 0.6 is 11.8 Å². The summed E-state index contributed by atoms with van der Waals surface area (Å²) in [5.74, 6) is 1.38. The Morgan fingerprint density at radius 3 is 2.69 bits per heavy atom. The van der Waals surface area contributed by atoms with E-state index < -0.39 is 0 Å². The molecule has 1 aromatic heterocycles. The van der Waals surface area contributed by atoms with Gasteiger partial charge in [0.15, 0.2) is 0 Å². The standard InChI is InChI=1S/C22H23N5OS/c1-4-29-22-25-21-23-15(3)18(20(28)24-17-12-8-9-14(2)13-17)19(27(21)26-22)16-10-6-5-7-11-16/h5-13,19H,4H2,1-3H3,(H,24,28)(H,23,25,26). The summed E-state index contributed by atoms with van der Waals surface area (Å²) in [7, 11) is 0. The molecule has 0 bridgehead atoms. The van der Waals surface area contributed by atoms with Crippen LogP contribution in [0, 0.1) is 6.92 Å². The minimum Gasteiger partial charge on any atom is -0.328 e. The lowest BCUT2D eigenvalue weighted by Gasteiger charge is -2.28. The highest BCUT2D eigenvalue weighted by molar-refractivity contribution is 7.99. The van der Waals surface area contributed by atoms with Gasteiger partial charge in [0.25, 0.3) is 5.91 Å². The first-order chi connectivity index (χ1) is 14.1. The first-order valence-corrected chi connectivity index (χ1v) is 10.6. The number of amides is 1. The number of aromatic nitrogens is 3. The lowest BCUT2D eigenvalue weighted by Crippen LogP contribution is -2.31. The van der Waals surface area contributed by atoms with E-state index in [1.807, 2.05) is 73.1 Å². The van der Waals surface area contributed by atoms with Gasteiger partial charge in [0.05, 0.1) is 5.57 Å². The predicted molar refractivity (Wildman–Crippen MR) is 117 cm³/mol. The summed E-state index contributed by atoms with van der Waals surface area (Å²) < 4.78 is 1.81. The zero-order chi connectivity index (χ0) is 20.4. The third-order valence-corrected chi connectivity index (χ3v) is 5.46. The molecule has 2 aromatic carbocycles. The SMILES string of the molecule is CCSc1nc2n(n1)C(c1ccccc1)C(C(=O)Nc1cccc(C)c1)=C(C)N2. The minimum atomic E-state index is -0.351. The summed E-state index contributed by atoms with van der Waals surface area (Å²) in [6, 6.07) is 17.4. The number of benzene rings is 2. The fourth-order valence-electron chi connectivity index (χ4n) is 3.48. The van der Waals surface area contributed by atoms with Gasteiger partial charge in [-0.1, -0.05) is 61.2 Å². The molecular weight excluding hydrogens is 382 g/mol. The number of thioether (sulfide) groups is 1. The average Bonchev–Trinajstić information content (AvgIpc) is 3.09. The molecule has 0 fully saturated rings. The summed E-state index contributed by atoms with van der Waals surface area (Å²) in [6.07, 6.45) is 0. The van der Waals surface area contributed by atoms with Crippen molar-refractivity contribution in [3.8, 4) is 0 Å². The van der Waals surface area contributed by atoms with E-state index in [1.165, 1.54) is 0 Å². The van der Waals surface area contributed by atoms with E-state index in [4.69, 9.17) is 0 Å². The average molecular weight is 406 g/mol. The van der Waals surface area contributed by atoms with Crippen LogP contribution in [-0.4, -0.2) is 26.4 Å². The molecule has 0 saturated carbocycles. The molecule has 1 unspecified atom stereocenters. The molecule has 0 spiro atoms. The maximum Gasteiger partial charge on any atom is 0.255 e. The molecule has 2 heterocycles. The monoisotopic (exact) mass is 405 g/mol. The van der Waals surface area contributed by atoms with Crippen molar-refractivity contribution in [1.82, 2.24) is 14.8 Å². The molecule has 0 saturated heterocycles. The Bertz CT molecular complexity index is 1070. The van der Waals surface area contributed by atoms with Crippen molar-refractivity contribution >= 4 is 29.3 Å². The van der Waals surface area contributed by atoms with E-state index in [-0.39, 0.29) is 11.9 Å². The molecule has 0 aliphatic carbocycles. The van der Waals surface area contributed by atoms with Crippen molar-refractivity contribution in [2.45, 2.75) is 32.0 Å². The number of rotatable bonds is 5. The Hall–Kier alpha value is -3.06. The highest BCUT2D eigenvalue weighted by Crippen LogP contribution is 2.36. The summed E-state index contributed by atoms with van der Waals surface area (Å²) >= 11 is 1.58. The second kappa shape index (κ2) is 8.13. The molecule has 4 rings (SSSR count). The van der Waals surface area contributed by atoms with Gasteiger partial charge in [0, 0.05) is 11.4 Å². The first kappa shape index (κ1) is 19.3. The molecule has 1 amide bonds. The Morgan fingerprint density at radius 2 is 1.97 bits per heavy atom. The van der Waals surface area contributed by atoms with Crippen molar-refractivity contribution in [1.29, 1.82) is 0 Å². The zero-order valence-corrected chi connectivity index (χ0v) is 17.5. The summed E-state index contributed by atoms with van der Waals surface area (Å²) in [5.41, 5.74) is 4.26. The number of fused-ring (bicyclic) bond motifs is 1. The Balaban J connectivity index is 1.76. The molecule has 6 nitrogen and oxygen atoms in total. The van der Waals surface area contributed by atoms with Crippen molar-refractivity contribution in [2.24, 2.45) is 0 Å². The topological polar surface area (TPSA) is 71.8 Å². The van der Waals surface area contributed by atoms with Gasteiger partial charge in [0.1, 0.15) is 6.04 Å². The van der Waals surface area contributed by atoms with Gasteiger partial charge in [-0.05, 0) is 42.9 Å². The molecule has 7 heteroatoms. The highest BCUT2D eigenvalue weighted by Gasteiger charge is 2.34. The fourth-order valence-corrected chi connectivity index (χ4v) is 4.04. The third kappa shape index (κ3) is 3.91. The molecule has 148 valence electrons. The normalized spacial score (nSPS) is 15.6. The number of carbonyl (C=O) groups excluding carboxylic acids is 1. The van der Waals surface area contributed by atoms with Gasteiger partial charge < -0.3 is 10.6 Å². The van der Waals surface area contributed by atoms with E-state index in [2.05, 4.69) is 27.6 Å². The number of allylic oxidation sites excluding steroid dienone is 1. The van der Waals surface area contributed by atoms with E-state index in [9.17, 15) is 4.79 Å². The number of aryl methyl sites for hydroxylation is 1. The lowest BCUT2D eigenvalue weighted by atomic mass is 9.95. The number of carbonyl (C=O) groups is 1. The van der Waals surface area contributed by atoms with Crippen LogP contribution in [0.4, 0.5) is 11.6 Å². The van der Waals surface area contributed by atoms with Crippen LogP contribution < -0.4 is 10.6 Å². The number of hydrogen-bond donors (Lipinski definition) is 2. The van der Waals surface area contributed by atoms with Gasteiger partial charge in [-0.2, -0.15) is 4.98 Å². The predicted octanol–water partition coefficient (Wildman–Crippen LogP) is 4.63. The highest BCUT2D eigenvalue weighted by atomic mass is 32.2. The van der Waals surface area contributed by atoms with E-state index in [0.717, 1.165) is 28.3 Å². The van der Waals surface area contributed by atoms with E-state index in [1.54, 1.807) is 11.8 Å². The zero-order valence-electron chi connectivity index (χ0n) is 16.6. The quantitative estimate of drug-likeness (QED) is 0.606. The molecule has 1 aliphatic rings. The van der Waals surface area contributed by atoms with Gasteiger partial charge >= 0.3 is 0 Å². The largest absolute Gasteiger partial charge is 0.328 e. The second-order valence-corrected chi connectivity index (χ2v) is 8.13. The molecule has 29 heavy (non-hydrogen) atoms. The van der Waals surface area contributed by atoms with Gasteiger partial charge in [0.2, 0.25) is 11.1 Å². The molecule has 3 aromatic rings. The second-order valence-electron chi connectivity index (χ2n) is 6.90. The maximum absolute atomic E-state index is 13.3. The number of anilines is 2. The van der Waals surface area contributed by atoms with Crippen LogP contribution in [0.5, 0.6) is 0 Å². The van der Waals surface area contributed by atoms with Crippen molar-refractivity contribution in [3.05, 3.63) is 77.0 Å². The fraction of sp³-hybridized carbons (Fsp3) is 0.227. The third-order valence-electron chi connectivity index (χ3n) is 4.74. The van der Waals surface area contributed by atoms with Gasteiger partial charge in [-0.25, -0.2) is 4.68 Å². The van der Waals surface area contributed by atoms with Crippen molar-refractivity contribution in [2.75, 3.05) is 16.4 Å². The van der Waals surface area contributed by atoms with Crippen molar-refractivity contribution in [3.63, 3.8) is 0 Å². The van der Waals surface area contributed by atoms with Crippen LogP contribution in [0.1, 0.15) is 31.0 Å². The molecule has 1 atom stereocenters. The van der Waals surface area contributed by atoms with Crippen LogP contribution in [0.2, 0.25) is 0 Å². The number of nitrogens with zero attached hydrogens (tertiary/aromatic N) is 3. The summed E-state index contributed by atoms with van der Waals surface area (Å²) in [6.45, 7) is 5.98. The summed E-state index contributed by atoms with van der Waals surface area (Å²) in [5, 5.41) is 11.7. The smallest absolute Gasteiger partial charge is 0.255 e. The van der Waals surface area contributed by atoms with Gasteiger partial charge in [-0.3, -0.25) is 4.79 Å². The lowest BCUT2D eigenvalue weighted by molar-refractivity contribution is -0.113. The Labute approximate surface area is 174 Å². The van der Waals surface area contributed by atoms with Crippen LogP contribution in [-0.2, 0) is 4.79 Å². The molecule has 2 N–H and O–H groups in total. The van der Waals surface area contributed by atoms with E-state index in [0.29, 0.717) is 16.7 Å². The van der Waals surface area contributed by atoms with E-state index >= 15 is 0 Å². The number of hydrogen-bond acceptors (Lipinski definition) is 5. The summed E-state index contributed by atoms with van der Waals surface area (Å²) in [4.78, 5) is 17.9. The molecule has 0 radical (unpaired) electrons. The van der Waals surface area contributed by atoms with Crippen molar-refractivity contribution < 1.29 is 4.79 Å². The number of nitrogens with one attached hydrogen (secondary N) is 2. The van der Waals surface area contributed by atoms with Crippen LogP contribution in [0.15, 0.2) is 71.0 Å². The minimum absolute atomic E-state index is 0.153. The van der Waals surface area contributed by atoms with Crippen LogP contribution in [0.3, 0.4) is 0 Å².